The molecule has 1 heteroatoms. The Morgan fingerprint density at radius 2 is 1.67 bits per heavy atom. The molecule has 0 bridgehead atoms. The van der Waals surface area contributed by atoms with Gasteiger partial charge in [-0.2, -0.15) is 0 Å². The smallest absolute Gasteiger partial charge is 0.0783 e. The van der Waals surface area contributed by atoms with Crippen LogP contribution in [-0.4, -0.2) is 9.52 Å². The molecule has 0 N–H and O–H groups in total. The van der Waals surface area contributed by atoms with Crippen molar-refractivity contribution in [2.75, 3.05) is 0 Å². The third kappa shape index (κ3) is 4.20. The number of allylic oxidation sites excluding steroid dienone is 4. The SMILES string of the molecule is CCCCCC1=C(C)C=C([SiH2]c2c(C)cc(C)cc2C)C1. The van der Waals surface area contributed by atoms with Crippen molar-refractivity contribution in [3.8, 4) is 0 Å². The molecular weight excluding hydrogens is 268 g/mol. The lowest BCUT2D eigenvalue weighted by Crippen LogP contribution is -2.23. The number of hydrogen-bond donors (Lipinski definition) is 0. The predicted molar refractivity (Wildman–Crippen MR) is 98.4 cm³/mol. The average molecular weight is 299 g/mol. The van der Waals surface area contributed by atoms with Gasteiger partial charge < -0.3 is 0 Å². The quantitative estimate of drug-likeness (QED) is 0.532. The Balaban J connectivity index is 2.02. The lowest BCUT2D eigenvalue weighted by atomic mass is 10.0. The van der Waals surface area contributed by atoms with Crippen LogP contribution in [0.4, 0.5) is 0 Å². The summed E-state index contributed by atoms with van der Waals surface area (Å²) in [5.74, 6) is 0. The molecule has 1 aromatic carbocycles. The zero-order valence-corrected chi connectivity index (χ0v) is 15.9. The van der Waals surface area contributed by atoms with E-state index in [9.17, 15) is 0 Å². The van der Waals surface area contributed by atoms with Gasteiger partial charge in [0.2, 0.25) is 0 Å². The molecule has 0 fully saturated rings. The van der Waals surface area contributed by atoms with E-state index in [0.29, 0.717) is 0 Å². The van der Waals surface area contributed by atoms with E-state index in [0.717, 1.165) is 0 Å². The van der Waals surface area contributed by atoms with Crippen molar-refractivity contribution in [1.29, 1.82) is 0 Å². The van der Waals surface area contributed by atoms with E-state index < -0.39 is 0 Å². The second-order valence-electron chi connectivity index (χ2n) is 6.78. The highest BCUT2D eigenvalue weighted by molar-refractivity contribution is 6.62. The highest BCUT2D eigenvalue weighted by Gasteiger charge is 2.15. The molecule has 0 atom stereocenters. The summed E-state index contributed by atoms with van der Waals surface area (Å²) in [6.07, 6.45) is 9.16. The van der Waals surface area contributed by atoms with Crippen LogP contribution in [0.2, 0.25) is 0 Å². The molecule has 0 radical (unpaired) electrons. The minimum Gasteiger partial charge on any atom is -0.0783 e. The topological polar surface area (TPSA) is 0 Å². The second kappa shape index (κ2) is 7.26. The molecule has 1 aliphatic rings. The summed E-state index contributed by atoms with van der Waals surface area (Å²) in [5, 5.41) is 3.42. The summed E-state index contributed by atoms with van der Waals surface area (Å²) in [4.78, 5) is 0. The summed E-state index contributed by atoms with van der Waals surface area (Å²) >= 11 is 0. The highest BCUT2D eigenvalue weighted by atomic mass is 28.2. The molecule has 0 saturated heterocycles. The van der Waals surface area contributed by atoms with Crippen molar-refractivity contribution >= 4 is 14.7 Å². The third-order valence-corrected chi connectivity index (χ3v) is 7.12. The number of unbranched alkanes of at least 4 members (excludes halogenated alkanes) is 2. The fourth-order valence-corrected chi connectivity index (χ4v) is 5.63. The van der Waals surface area contributed by atoms with Crippen molar-refractivity contribution in [1.82, 2.24) is 0 Å². The Morgan fingerprint density at radius 1 is 1.00 bits per heavy atom. The molecule has 0 heterocycles. The lowest BCUT2D eigenvalue weighted by Gasteiger charge is -2.12. The fraction of sp³-hybridized carbons (Fsp3) is 0.500. The zero-order valence-electron chi connectivity index (χ0n) is 14.5. The third-order valence-electron chi connectivity index (χ3n) is 4.75. The first-order valence-electron chi connectivity index (χ1n) is 8.46. The van der Waals surface area contributed by atoms with Crippen molar-refractivity contribution in [3.63, 3.8) is 0 Å². The van der Waals surface area contributed by atoms with Crippen LogP contribution < -0.4 is 5.19 Å². The van der Waals surface area contributed by atoms with Gasteiger partial charge in [-0.3, -0.25) is 0 Å². The Morgan fingerprint density at radius 3 is 2.29 bits per heavy atom. The van der Waals surface area contributed by atoms with Crippen LogP contribution in [0.15, 0.2) is 34.6 Å². The van der Waals surface area contributed by atoms with E-state index in [4.69, 9.17) is 0 Å². The highest BCUT2D eigenvalue weighted by Crippen LogP contribution is 2.28. The minimum absolute atomic E-state index is 0.281. The molecule has 0 nitrogen and oxygen atoms in total. The van der Waals surface area contributed by atoms with E-state index in [1.165, 1.54) is 48.8 Å². The van der Waals surface area contributed by atoms with Crippen LogP contribution >= 0.6 is 0 Å². The summed E-state index contributed by atoms with van der Waals surface area (Å²) in [7, 11) is -0.281. The maximum atomic E-state index is 2.51. The van der Waals surface area contributed by atoms with E-state index >= 15 is 0 Å². The van der Waals surface area contributed by atoms with Crippen molar-refractivity contribution in [2.45, 2.75) is 66.7 Å². The van der Waals surface area contributed by atoms with Crippen LogP contribution in [-0.2, 0) is 0 Å². The summed E-state index contributed by atoms with van der Waals surface area (Å²) in [6.45, 7) is 11.4. The summed E-state index contributed by atoms with van der Waals surface area (Å²) < 4.78 is 0. The molecular formula is C20H30Si. The largest absolute Gasteiger partial charge is 0.0835 e. The maximum absolute atomic E-state index is 2.51. The Kier molecular flexibility index (Phi) is 5.63. The predicted octanol–water partition coefficient (Wildman–Crippen LogP) is 4.59. The van der Waals surface area contributed by atoms with Gasteiger partial charge in [0.1, 0.15) is 0 Å². The Hall–Kier alpha value is -1.08. The molecule has 1 aliphatic carbocycles. The van der Waals surface area contributed by atoms with Crippen LogP contribution in [0.5, 0.6) is 0 Å². The Labute approximate surface area is 133 Å². The van der Waals surface area contributed by atoms with Gasteiger partial charge in [-0.15, -0.1) is 0 Å². The number of benzene rings is 1. The molecule has 0 unspecified atom stereocenters. The summed E-state index contributed by atoms with van der Waals surface area (Å²) in [5.41, 5.74) is 7.71. The fourth-order valence-electron chi connectivity index (χ4n) is 3.58. The van der Waals surface area contributed by atoms with E-state index in [1.807, 2.05) is 0 Å². The van der Waals surface area contributed by atoms with Gasteiger partial charge in [0, 0.05) is 0 Å². The van der Waals surface area contributed by atoms with Crippen LogP contribution in [0, 0.1) is 20.8 Å². The van der Waals surface area contributed by atoms with Crippen LogP contribution in [0.25, 0.3) is 0 Å². The number of rotatable bonds is 6. The van der Waals surface area contributed by atoms with Gasteiger partial charge in [-0.25, -0.2) is 0 Å². The molecule has 0 spiro atoms. The molecule has 21 heavy (non-hydrogen) atoms. The first-order valence-corrected chi connectivity index (χ1v) is 9.87. The van der Waals surface area contributed by atoms with Gasteiger partial charge in [0.25, 0.3) is 0 Å². The van der Waals surface area contributed by atoms with Gasteiger partial charge in [-0.05, 0) is 47.0 Å². The first kappa shape index (κ1) is 16.3. The molecule has 2 rings (SSSR count). The maximum Gasteiger partial charge on any atom is 0.0835 e. The van der Waals surface area contributed by atoms with Crippen molar-refractivity contribution < 1.29 is 0 Å². The minimum atomic E-state index is -0.281. The summed E-state index contributed by atoms with van der Waals surface area (Å²) in [6, 6.07) is 4.71. The van der Waals surface area contributed by atoms with Gasteiger partial charge in [0.05, 0.1) is 9.52 Å². The lowest BCUT2D eigenvalue weighted by molar-refractivity contribution is 0.706. The van der Waals surface area contributed by atoms with Gasteiger partial charge in [0.15, 0.2) is 0 Å². The molecule has 114 valence electrons. The molecule has 0 saturated carbocycles. The van der Waals surface area contributed by atoms with E-state index in [2.05, 4.69) is 52.8 Å². The average Bonchev–Trinajstić information content (AvgIpc) is 2.75. The molecule has 0 aliphatic heterocycles. The van der Waals surface area contributed by atoms with Crippen molar-refractivity contribution in [3.05, 3.63) is 51.2 Å². The molecule has 1 aromatic rings. The van der Waals surface area contributed by atoms with Gasteiger partial charge >= 0.3 is 0 Å². The molecule has 0 amide bonds. The normalized spacial score (nSPS) is 15.4. The van der Waals surface area contributed by atoms with Crippen LogP contribution in [0.3, 0.4) is 0 Å². The Bertz CT molecular complexity index is 552. The number of hydrogen-bond acceptors (Lipinski definition) is 0. The van der Waals surface area contributed by atoms with Gasteiger partial charge in [-0.1, -0.05) is 76.2 Å². The van der Waals surface area contributed by atoms with Crippen LogP contribution in [0.1, 0.15) is 62.6 Å². The van der Waals surface area contributed by atoms with Crippen molar-refractivity contribution in [2.24, 2.45) is 0 Å². The van der Waals surface area contributed by atoms with E-state index in [1.54, 1.807) is 21.5 Å². The van der Waals surface area contributed by atoms with E-state index in [-0.39, 0.29) is 9.52 Å². The number of aryl methyl sites for hydroxylation is 3. The zero-order chi connectivity index (χ0) is 15.4. The molecule has 0 aromatic heterocycles. The monoisotopic (exact) mass is 298 g/mol. The second-order valence-corrected chi connectivity index (χ2v) is 8.75. The standard InChI is InChI=1S/C20H30Si/c1-6-7-8-9-18-13-19(12-15(18)3)21-20-16(4)10-14(2)11-17(20)5/h10-12H,6-9,13,21H2,1-5H3. The first-order chi connectivity index (χ1) is 10.0.